The first-order valence-electron chi connectivity index (χ1n) is 6.92. The van der Waals surface area contributed by atoms with Gasteiger partial charge >= 0.3 is 0 Å². The molecule has 1 aliphatic heterocycles. The summed E-state index contributed by atoms with van der Waals surface area (Å²) >= 11 is 6.38. The van der Waals surface area contributed by atoms with Crippen molar-refractivity contribution in [2.75, 3.05) is 18.1 Å². The molecule has 0 radical (unpaired) electrons. The van der Waals surface area contributed by atoms with Gasteiger partial charge in [-0.05, 0) is 25.0 Å². The zero-order valence-electron chi connectivity index (χ0n) is 10.9. The van der Waals surface area contributed by atoms with E-state index < -0.39 is 5.41 Å². The van der Waals surface area contributed by atoms with E-state index in [0.717, 1.165) is 36.9 Å². The maximum Gasteiger partial charge on any atom is 0.237 e. The summed E-state index contributed by atoms with van der Waals surface area (Å²) in [5, 5.41) is 9.89. The molecule has 1 aromatic carbocycles. The van der Waals surface area contributed by atoms with Crippen molar-refractivity contribution in [3.05, 3.63) is 28.8 Å². The van der Waals surface area contributed by atoms with E-state index in [1.54, 1.807) is 4.90 Å². The summed E-state index contributed by atoms with van der Waals surface area (Å²) in [4.78, 5) is 14.6. The minimum absolute atomic E-state index is 0.0201. The van der Waals surface area contributed by atoms with Crippen molar-refractivity contribution in [2.24, 2.45) is 0 Å². The first-order chi connectivity index (χ1) is 9.20. The highest BCUT2D eigenvalue weighted by atomic mass is 35.5. The molecule has 1 N–H and O–H groups in total. The Bertz CT molecular complexity index is 509. The zero-order valence-corrected chi connectivity index (χ0v) is 11.6. The zero-order chi connectivity index (χ0) is 13.5. The summed E-state index contributed by atoms with van der Waals surface area (Å²) in [6.07, 6.45) is 5.09. The second kappa shape index (κ2) is 4.80. The van der Waals surface area contributed by atoms with Gasteiger partial charge < -0.3 is 10.0 Å². The van der Waals surface area contributed by atoms with Crippen LogP contribution in [0.4, 0.5) is 5.69 Å². The fourth-order valence-electron chi connectivity index (χ4n) is 3.63. The Morgan fingerprint density at radius 2 is 2.00 bits per heavy atom. The van der Waals surface area contributed by atoms with Crippen LogP contribution in [0.5, 0.6) is 0 Å². The molecular weight excluding hydrogens is 262 g/mol. The number of anilines is 1. The van der Waals surface area contributed by atoms with Crippen LogP contribution in [-0.4, -0.2) is 24.2 Å². The molecule has 102 valence electrons. The molecule has 1 fully saturated rings. The maximum absolute atomic E-state index is 12.8. The number of halogens is 1. The van der Waals surface area contributed by atoms with E-state index in [1.807, 2.05) is 18.2 Å². The van der Waals surface area contributed by atoms with Crippen molar-refractivity contribution in [1.29, 1.82) is 0 Å². The number of aliphatic hydroxyl groups is 1. The Balaban J connectivity index is 2.15. The summed E-state index contributed by atoms with van der Waals surface area (Å²) in [7, 11) is 0. The number of carbonyl (C=O) groups is 1. The van der Waals surface area contributed by atoms with Crippen LogP contribution in [-0.2, 0) is 10.2 Å². The van der Waals surface area contributed by atoms with Gasteiger partial charge in [0.1, 0.15) is 0 Å². The summed E-state index contributed by atoms with van der Waals surface area (Å²) in [6, 6.07) is 5.69. The van der Waals surface area contributed by atoms with Gasteiger partial charge in [0.05, 0.1) is 12.0 Å². The SMILES string of the molecule is O=C1N(CCO)c2cccc(Cl)c2C12CCCCC2. The van der Waals surface area contributed by atoms with E-state index in [0.29, 0.717) is 11.6 Å². The van der Waals surface area contributed by atoms with E-state index in [1.165, 1.54) is 6.42 Å². The lowest BCUT2D eigenvalue weighted by molar-refractivity contribution is -0.124. The maximum atomic E-state index is 12.8. The third kappa shape index (κ3) is 1.79. The van der Waals surface area contributed by atoms with E-state index in [-0.39, 0.29) is 12.5 Å². The number of hydrogen-bond donors (Lipinski definition) is 1. The summed E-state index contributed by atoms with van der Waals surface area (Å²) < 4.78 is 0. The number of hydrogen-bond acceptors (Lipinski definition) is 2. The van der Waals surface area contributed by atoms with Crippen molar-refractivity contribution in [3.8, 4) is 0 Å². The monoisotopic (exact) mass is 279 g/mol. The Kier molecular flexibility index (Phi) is 3.27. The third-order valence-corrected chi connectivity index (χ3v) is 4.76. The van der Waals surface area contributed by atoms with Crippen LogP contribution in [0.3, 0.4) is 0 Å². The predicted molar refractivity (Wildman–Crippen MR) is 75.7 cm³/mol. The van der Waals surface area contributed by atoms with Crippen molar-refractivity contribution >= 4 is 23.2 Å². The van der Waals surface area contributed by atoms with Gasteiger partial charge in [-0.15, -0.1) is 0 Å². The fraction of sp³-hybridized carbons (Fsp3) is 0.533. The molecule has 19 heavy (non-hydrogen) atoms. The molecule has 1 aromatic rings. The van der Waals surface area contributed by atoms with Crippen LogP contribution in [0.25, 0.3) is 0 Å². The Morgan fingerprint density at radius 1 is 1.26 bits per heavy atom. The predicted octanol–water partition coefficient (Wildman–Crippen LogP) is 2.88. The van der Waals surface area contributed by atoms with Gasteiger partial charge in [0.2, 0.25) is 5.91 Å². The molecule has 0 unspecified atom stereocenters. The number of aliphatic hydroxyl groups excluding tert-OH is 1. The van der Waals surface area contributed by atoms with Gasteiger partial charge in [-0.2, -0.15) is 0 Å². The van der Waals surface area contributed by atoms with Gasteiger partial charge in [-0.25, -0.2) is 0 Å². The first kappa shape index (κ1) is 12.9. The second-order valence-electron chi connectivity index (χ2n) is 5.46. The highest BCUT2D eigenvalue weighted by Gasteiger charge is 2.51. The number of fused-ring (bicyclic) bond motifs is 2. The summed E-state index contributed by atoms with van der Waals surface area (Å²) in [6.45, 7) is 0.335. The average molecular weight is 280 g/mol. The standard InChI is InChI=1S/C15H18ClNO2/c16-11-5-4-6-12-13(11)15(7-2-1-3-8-15)14(19)17(12)9-10-18/h4-6,18H,1-3,7-10H2. The smallest absolute Gasteiger partial charge is 0.237 e. The molecule has 1 heterocycles. The second-order valence-corrected chi connectivity index (χ2v) is 5.86. The molecule has 1 spiro atoms. The van der Waals surface area contributed by atoms with Gasteiger partial charge in [-0.3, -0.25) is 4.79 Å². The Hall–Kier alpha value is -1.06. The first-order valence-corrected chi connectivity index (χ1v) is 7.30. The topological polar surface area (TPSA) is 40.5 Å². The lowest BCUT2D eigenvalue weighted by Gasteiger charge is -2.32. The highest BCUT2D eigenvalue weighted by molar-refractivity contribution is 6.33. The van der Waals surface area contributed by atoms with Crippen LogP contribution in [0.15, 0.2) is 18.2 Å². The fourth-order valence-corrected chi connectivity index (χ4v) is 3.98. The van der Waals surface area contributed by atoms with Gasteiger partial charge in [0.25, 0.3) is 0 Å². The quantitative estimate of drug-likeness (QED) is 0.904. The largest absolute Gasteiger partial charge is 0.395 e. The summed E-state index contributed by atoms with van der Waals surface area (Å²) in [5.74, 6) is 0.129. The van der Waals surface area contributed by atoms with E-state index in [4.69, 9.17) is 11.6 Å². The van der Waals surface area contributed by atoms with Crippen LogP contribution in [0.1, 0.15) is 37.7 Å². The molecule has 2 aliphatic rings. The molecule has 3 rings (SSSR count). The minimum Gasteiger partial charge on any atom is -0.395 e. The summed E-state index contributed by atoms with van der Waals surface area (Å²) in [5.41, 5.74) is 1.46. The highest BCUT2D eigenvalue weighted by Crippen LogP contribution is 2.52. The number of β-amino-alcohol motifs (C(OH)–C–C–N with tert-alkyl or cyclic N) is 1. The van der Waals surface area contributed by atoms with Gasteiger partial charge in [0, 0.05) is 22.8 Å². The molecule has 3 nitrogen and oxygen atoms in total. The third-order valence-electron chi connectivity index (χ3n) is 4.45. The number of benzene rings is 1. The van der Waals surface area contributed by atoms with Crippen molar-refractivity contribution in [2.45, 2.75) is 37.5 Å². The average Bonchev–Trinajstić information content (AvgIpc) is 2.64. The number of carbonyl (C=O) groups excluding carboxylic acids is 1. The molecule has 0 atom stereocenters. The number of nitrogens with zero attached hydrogens (tertiary/aromatic N) is 1. The molecule has 0 saturated heterocycles. The van der Waals surface area contributed by atoms with Crippen LogP contribution in [0.2, 0.25) is 5.02 Å². The van der Waals surface area contributed by atoms with Crippen LogP contribution < -0.4 is 4.90 Å². The van der Waals surface area contributed by atoms with Crippen LogP contribution in [0, 0.1) is 0 Å². The molecule has 1 amide bonds. The lowest BCUT2D eigenvalue weighted by atomic mass is 9.70. The normalized spacial score (nSPS) is 20.9. The van der Waals surface area contributed by atoms with Crippen LogP contribution >= 0.6 is 11.6 Å². The van der Waals surface area contributed by atoms with E-state index in [2.05, 4.69) is 0 Å². The molecular formula is C15H18ClNO2. The molecule has 1 aliphatic carbocycles. The Labute approximate surface area is 118 Å². The molecule has 0 aromatic heterocycles. The van der Waals surface area contributed by atoms with E-state index >= 15 is 0 Å². The molecule has 1 saturated carbocycles. The number of amides is 1. The number of rotatable bonds is 2. The van der Waals surface area contributed by atoms with Gasteiger partial charge in [-0.1, -0.05) is 36.9 Å². The minimum atomic E-state index is -0.429. The molecule has 4 heteroatoms. The van der Waals surface area contributed by atoms with Crippen molar-refractivity contribution in [1.82, 2.24) is 0 Å². The van der Waals surface area contributed by atoms with Crippen molar-refractivity contribution < 1.29 is 9.90 Å². The van der Waals surface area contributed by atoms with Crippen molar-refractivity contribution in [3.63, 3.8) is 0 Å². The van der Waals surface area contributed by atoms with Gasteiger partial charge in [0.15, 0.2) is 0 Å². The molecule has 0 bridgehead atoms. The van der Waals surface area contributed by atoms with E-state index in [9.17, 15) is 9.90 Å². The lowest BCUT2D eigenvalue weighted by Crippen LogP contribution is -2.42. The Morgan fingerprint density at radius 3 is 2.68 bits per heavy atom.